The third-order valence-corrected chi connectivity index (χ3v) is 8.99. The summed E-state index contributed by atoms with van der Waals surface area (Å²) >= 11 is 1.19. The molecule has 1 aromatic heterocycles. The van der Waals surface area contributed by atoms with Crippen molar-refractivity contribution in [2.45, 2.75) is 58.3 Å². The molecule has 3 aromatic rings. The Bertz CT molecular complexity index is 1370. The van der Waals surface area contributed by atoms with Crippen LogP contribution < -0.4 is 9.62 Å². The molecule has 0 aliphatic carbocycles. The van der Waals surface area contributed by atoms with Crippen molar-refractivity contribution in [3.63, 3.8) is 0 Å². The Labute approximate surface area is 211 Å². The number of carbonyl (C=O) groups is 1. The Kier molecular flexibility index (Phi) is 7.33. The Balaban J connectivity index is 1.61. The lowest BCUT2D eigenvalue weighted by Crippen LogP contribution is -2.31. The van der Waals surface area contributed by atoms with Crippen LogP contribution in [0.3, 0.4) is 0 Å². The molecule has 2 heterocycles. The number of Topliss-reactive ketones (excluding diaryl/α,β-unsaturated/α-hetero) is 1. The summed E-state index contributed by atoms with van der Waals surface area (Å²) in [5.41, 5.74) is 6.36. The van der Waals surface area contributed by atoms with Crippen LogP contribution in [-0.4, -0.2) is 27.3 Å². The van der Waals surface area contributed by atoms with Crippen LogP contribution in [0.5, 0.6) is 0 Å². The molecule has 0 spiro atoms. The molecule has 2 aromatic carbocycles. The topological polar surface area (TPSA) is 66.5 Å². The van der Waals surface area contributed by atoms with Crippen LogP contribution >= 0.6 is 11.3 Å². The van der Waals surface area contributed by atoms with Crippen LogP contribution in [0.4, 0.5) is 15.8 Å². The summed E-state index contributed by atoms with van der Waals surface area (Å²) in [5, 5.41) is 1.67. The van der Waals surface area contributed by atoms with Crippen molar-refractivity contribution in [1.29, 1.82) is 0 Å². The number of nitrogens with zero attached hydrogens (tertiary/aromatic N) is 1. The first-order chi connectivity index (χ1) is 16.6. The molecule has 1 N–H and O–H groups in total. The molecule has 0 amide bonds. The molecule has 0 radical (unpaired) electrons. The summed E-state index contributed by atoms with van der Waals surface area (Å²) in [6, 6.07) is 7.65. The van der Waals surface area contributed by atoms with Crippen molar-refractivity contribution in [2.75, 3.05) is 22.7 Å². The minimum absolute atomic E-state index is 0.165. The van der Waals surface area contributed by atoms with E-state index < -0.39 is 20.7 Å². The van der Waals surface area contributed by atoms with Gasteiger partial charge in [-0.2, -0.15) is 0 Å². The van der Waals surface area contributed by atoms with E-state index in [2.05, 4.69) is 29.5 Å². The van der Waals surface area contributed by atoms with Gasteiger partial charge in [-0.25, -0.2) is 12.8 Å². The first-order valence-corrected chi connectivity index (χ1v) is 14.2. The maximum absolute atomic E-state index is 14.3. The summed E-state index contributed by atoms with van der Waals surface area (Å²) in [6.07, 6.45) is 3.75. The molecule has 0 unspecified atom stereocenters. The molecule has 1 aliphatic rings. The first kappa shape index (κ1) is 25.4. The fourth-order valence-corrected chi connectivity index (χ4v) is 6.95. The molecule has 1 saturated heterocycles. The highest BCUT2D eigenvalue weighted by molar-refractivity contribution is 7.92. The maximum atomic E-state index is 14.3. The highest BCUT2D eigenvalue weighted by Crippen LogP contribution is 2.34. The maximum Gasteiger partial charge on any atom is 0.264 e. The predicted octanol–water partition coefficient (Wildman–Crippen LogP) is 6.34. The van der Waals surface area contributed by atoms with Gasteiger partial charge in [0.2, 0.25) is 0 Å². The number of benzene rings is 2. The summed E-state index contributed by atoms with van der Waals surface area (Å²) in [7, 11) is -4.18. The second-order valence-electron chi connectivity index (χ2n) is 9.31. The largest absolute Gasteiger partial charge is 0.371 e. The number of halogens is 1. The van der Waals surface area contributed by atoms with Gasteiger partial charge in [-0.1, -0.05) is 12.1 Å². The molecular weight excluding hydrogens is 483 g/mol. The number of ketones is 1. The van der Waals surface area contributed by atoms with Crippen molar-refractivity contribution >= 4 is 38.5 Å². The van der Waals surface area contributed by atoms with Crippen molar-refractivity contribution in [1.82, 2.24) is 0 Å². The zero-order valence-electron chi connectivity index (χ0n) is 20.6. The average molecular weight is 515 g/mol. The molecule has 4 rings (SSSR count). The Morgan fingerprint density at radius 2 is 1.74 bits per heavy atom. The quantitative estimate of drug-likeness (QED) is 0.374. The molecule has 0 atom stereocenters. The lowest BCUT2D eigenvalue weighted by atomic mass is 9.92. The zero-order chi connectivity index (χ0) is 25.3. The lowest BCUT2D eigenvalue weighted by molar-refractivity contribution is 0.0997. The van der Waals surface area contributed by atoms with E-state index in [0.717, 1.165) is 29.8 Å². The number of anilines is 2. The van der Waals surface area contributed by atoms with Crippen LogP contribution in [0, 0.1) is 33.5 Å². The number of nitrogens with one attached hydrogen (secondary N) is 1. The van der Waals surface area contributed by atoms with Gasteiger partial charge in [-0.15, -0.1) is 11.3 Å². The van der Waals surface area contributed by atoms with Gasteiger partial charge in [0, 0.05) is 25.2 Å². The van der Waals surface area contributed by atoms with Gasteiger partial charge in [-0.3, -0.25) is 9.52 Å². The van der Waals surface area contributed by atoms with Crippen molar-refractivity contribution in [3.05, 3.63) is 74.2 Å². The average Bonchev–Trinajstić information content (AvgIpc) is 3.24. The van der Waals surface area contributed by atoms with Crippen molar-refractivity contribution in [3.8, 4) is 0 Å². The normalized spacial score (nSPS) is 14.3. The number of sulfonamides is 1. The number of hydrogen-bond acceptors (Lipinski definition) is 5. The third kappa shape index (κ3) is 5.28. The van der Waals surface area contributed by atoms with Crippen LogP contribution in [0.2, 0.25) is 0 Å². The van der Waals surface area contributed by atoms with Crippen LogP contribution in [0.1, 0.15) is 56.8 Å². The van der Waals surface area contributed by atoms with Gasteiger partial charge < -0.3 is 4.90 Å². The number of carbonyl (C=O) groups excluding carboxylic acids is 1. The Hall–Kier alpha value is -2.71. The Morgan fingerprint density at radius 1 is 1.03 bits per heavy atom. The minimum Gasteiger partial charge on any atom is -0.371 e. The fraction of sp³-hybridized carbons (Fsp3) is 0.370. The number of thiophene rings is 1. The van der Waals surface area contributed by atoms with E-state index in [9.17, 15) is 17.6 Å². The summed E-state index contributed by atoms with van der Waals surface area (Å²) in [4.78, 5) is 15.7. The van der Waals surface area contributed by atoms with Gasteiger partial charge in [0.25, 0.3) is 10.0 Å². The zero-order valence-corrected chi connectivity index (χ0v) is 22.2. The molecular formula is C27H31FN2O3S2. The molecule has 0 bridgehead atoms. The van der Waals surface area contributed by atoms with E-state index in [1.165, 1.54) is 54.0 Å². The molecule has 1 aliphatic heterocycles. The number of hydrogen-bond donors (Lipinski definition) is 1. The van der Waals surface area contributed by atoms with E-state index in [0.29, 0.717) is 10.4 Å². The lowest BCUT2D eigenvalue weighted by Gasteiger charge is -2.33. The molecule has 35 heavy (non-hydrogen) atoms. The van der Waals surface area contributed by atoms with Gasteiger partial charge in [-0.05, 0) is 98.4 Å². The second-order valence-corrected chi connectivity index (χ2v) is 11.9. The van der Waals surface area contributed by atoms with Crippen LogP contribution in [-0.2, 0) is 16.4 Å². The van der Waals surface area contributed by atoms with E-state index in [1.807, 2.05) is 6.92 Å². The van der Waals surface area contributed by atoms with Crippen molar-refractivity contribution in [2.24, 2.45) is 0 Å². The molecule has 1 fully saturated rings. The van der Waals surface area contributed by atoms with Crippen molar-refractivity contribution < 1.29 is 17.6 Å². The smallest absolute Gasteiger partial charge is 0.264 e. The van der Waals surface area contributed by atoms with Gasteiger partial charge in [0.05, 0.1) is 10.6 Å². The number of piperidine rings is 1. The van der Waals surface area contributed by atoms with E-state index >= 15 is 0 Å². The van der Waals surface area contributed by atoms with Crippen LogP contribution in [0.25, 0.3) is 0 Å². The van der Waals surface area contributed by atoms with E-state index in [4.69, 9.17) is 0 Å². The van der Waals surface area contributed by atoms with E-state index in [1.54, 1.807) is 24.4 Å². The van der Waals surface area contributed by atoms with Gasteiger partial charge >= 0.3 is 0 Å². The highest BCUT2D eigenvalue weighted by Gasteiger charge is 2.25. The third-order valence-electron chi connectivity index (χ3n) is 6.64. The standard InChI is InChI=1S/C27H31FN2O3S2/c1-17-8-9-25(22(28)14-17)35(32,33)29-23-10-13-34-27(23)24(31)16-21-18(2)15-19(3)26(20(21)4)30-11-6-5-7-12-30/h8-10,13-15,29H,5-7,11-12,16H2,1-4H3. The summed E-state index contributed by atoms with van der Waals surface area (Å²) < 4.78 is 42.5. The Morgan fingerprint density at radius 3 is 2.43 bits per heavy atom. The SMILES string of the molecule is Cc1ccc(S(=O)(=O)Nc2ccsc2C(=O)Cc2c(C)cc(C)c(N3CCCCC3)c2C)c(F)c1. The van der Waals surface area contributed by atoms with Gasteiger partial charge in [0.15, 0.2) is 5.78 Å². The number of rotatable bonds is 7. The minimum atomic E-state index is -4.18. The summed E-state index contributed by atoms with van der Waals surface area (Å²) in [6.45, 7) is 9.93. The number of aryl methyl sites for hydroxylation is 3. The molecule has 5 nitrogen and oxygen atoms in total. The van der Waals surface area contributed by atoms with Gasteiger partial charge in [0.1, 0.15) is 10.7 Å². The monoisotopic (exact) mass is 514 g/mol. The predicted molar refractivity (Wildman–Crippen MR) is 141 cm³/mol. The molecule has 0 saturated carbocycles. The fourth-order valence-electron chi connectivity index (χ4n) is 4.96. The second kappa shape index (κ2) is 10.1. The molecule has 186 valence electrons. The van der Waals surface area contributed by atoms with Crippen LogP contribution in [0.15, 0.2) is 40.6 Å². The molecule has 8 heteroatoms. The van der Waals surface area contributed by atoms with E-state index in [-0.39, 0.29) is 17.9 Å². The first-order valence-electron chi connectivity index (χ1n) is 11.8. The highest BCUT2D eigenvalue weighted by atomic mass is 32.2. The summed E-state index contributed by atoms with van der Waals surface area (Å²) in [5.74, 6) is -0.988.